The lowest BCUT2D eigenvalue weighted by atomic mass is 10.2. The number of hydrogen-bond donors (Lipinski definition) is 1. The third-order valence-corrected chi connectivity index (χ3v) is 5.82. The van der Waals surface area contributed by atoms with E-state index in [-0.39, 0.29) is 0 Å². The summed E-state index contributed by atoms with van der Waals surface area (Å²) in [5, 5.41) is 0. The minimum atomic E-state index is 0.479. The van der Waals surface area contributed by atoms with E-state index in [1.165, 1.54) is 0 Å². The Bertz CT molecular complexity index is 1110. The van der Waals surface area contributed by atoms with E-state index in [0.29, 0.717) is 24.9 Å². The maximum absolute atomic E-state index is 5.73. The van der Waals surface area contributed by atoms with E-state index < -0.39 is 0 Å². The zero-order valence-corrected chi connectivity index (χ0v) is 15.9. The summed E-state index contributed by atoms with van der Waals surface area (Å²) >= 11 is 1.69. The molecular formula is C20H18N6OS. The van der Waals surface area contributed by atoms with E-state index in [0.717, 1.165) is 45.1 Å². The minimum absolute atomic E-state index is 0.479. The molecule has 1 aliphatic heterocycles. The van der Waals surface area contributed by atoms with Crippen molar-refractivity contribution in [2.45, 2.75) is 0 Å². The summed E-state index contributed by atoms with van der Waals surface area (Å²) in [7, 11) is 0. The summed E-state index contributed by atoms with van der Waals surface area (Å²) < 4.78 is 6.60. The summed E-state index contributed by atoms with van der Waals surface area (Å²) in [6.45, 7) is 3.02. The van der Waals surface area contributed by atoms with Crippen LogP contribution in [0.3, 0.4) is 0 Å². The summed E-state index contributed by atoms with van der Waals surface area (Å²) in [6.07, 6.45) is 5.37. The molecule has 0 aliphatic carbocycles. The molecule has 4 aromatic rings. The van der Waals surface area contributed by atoms with E-state index in [1.807, 2.05) is 18.3 Å². The molecule has 7 nitrogen and oxygen atoms in total. The number of ether oxygens (including phenoxy) is 1. The summed E-state index contributed by atoms with van der Waals surface area (Å²) in [6, 6.07) is 9.79. The van der Waals surface area contributed by atoms with Crippen molar-refractivity contribution in [3.8, 4) is 21.8 Å². The molecule has 0 bridgehead atoms. The molecule has 140 valence electrons. The zero-order valence-electron chi connectivity index (χ0n) is 15.1. The number of aromatic nitrogens is 4. The van der Waals surface area contributed by atoms with Gasteiger partial charge in [0.25, 0.3) is 0 Å². The first kappa shape index (κ1) is 17.0. The molecule has 0 atom stereocenters. The Morgan fingerprint density at radius 1 is 1.04 bits per heavy atom. The summed E-state index contributed by atoms with van der Waals surface area (Å²) in [5.41, 5.74) is 8.58. The van der Waals surface area contributed by atoms with E-state index in [2.05, 4.69) is 27.0 Å². The number of anilines is 2. The maximum Gasteiger partial charge on any atom is 0.163 e. The van der Waals surface area contributed by atoms with Gasteiger partial charge in [-0.2, -0.15) is 0 Å². The van der Waals surface area contributed by atoms with Gasteiger partial charge in [-0.15, -0.1) is 11.3 Å². The average Bonchev–Trinajstić information content (AvgIpc) is 3.19. The van der Waals surface area contributed by atoms with Crippen molar-refractivity contribution in [1.29, 1.82) is 0 Å². The van der Waals surface area contributed by atoms with Crippen molar-refractivity contribution >= 4 is 33.2 Å². The number of thiophene rings is 1. The molecule has 1 aliphatic rings. The number of nitrogens with zero attached hydrogens (tertiary/aromatic N) is 5. The molecule has 0 aromatic carbocycles. The van der Waals surface area contributed by atoms with E-state index in [4.69, 9.17) is 20.4 Å². The predicted octanol–water partition coefficient (Wildman–Crippen LogP) is 3.23. The standard InChI is InChI=1S/C20H18N6OS/c21-17-4-3-14(12-23-17)19-24-15-10-16(13-2-1-5-22-11-13)28-18(15)20(25-19)26-6-8-27-9-7-26/h1-5,10-12H,6-9H2,(H2,21,23). The van der Waals surface area contributed by atoms with Gasteiger partial charge in [-0.05, 0) is 24.3 Å². The van der Waals surface area contributed by atoms with Crippen LogP contribution in [-0.2, 0) is 4.74 Å². The summed E-state index contributed by atoms with van der Waals surface area (Å²) in [5.74, 6) is 2.07. The second-order valence-electron chi connectivity index (χ2n) is 6.51. The molecule has 0 unspecified atom stereocenters. The SMILES string of the molecule is Nc1ccc(-c2nc(N3CCOCC3)c3sc(-c4cccnc4)cc3n2)cn1. The highest BCUT2D eigenvalue weighted by molar-refractivity contribution is 7.22. The van der Waals surface area contributed by atoms with Gasteiger partial charge < -0.3 is 15.4 Å². The number of morpholine rings is 1. The predicted molar refractivity (Wildman–Crippen MR) is 111 cm³/mol. The molecule has 1 saturated heterocycles. The van der Waals surface area contributed by atoms with Crippen LogP contribution in [0.4, 0.5) is 11.6 Å². The van der Waals surface area contributed by atoms with Crippen LogP contribution in [-0.4, -0.2) is 46.2 Å². The van der Waals surface area contributed by atoms with E-state index >= 15 is 0 Å². The normalized spacial score (nSPS) is 14.5. The zero-order chi connectivity index (χ0) is 18.9. The van der Waals surface area contributed by atoms with Crippen LogP contribution in [0.15, 0.2) is 48.9 Å². The molecule has 0 radical (unpaired) electrons. The maximum atomic E-state index is 5.73. The first-order chi connectivity index (χ1) is 13.8. The van der Waals surface area contributed by atoms with Crippen LogP contribution in [0.5, 0.6) is 0 Å². The van der Waals surface area contributed by atoms with Gasteiger partial charge in [-0.3, -0.25) is 4.98 Å². The fourth-order valence-electron chi connectivity index (χ4n) is 3.22. The van der Waals surface area contributed by atoms with Gasteiger partial charge in [-0.25, -0.2) is 15.0 Å². The molecule has 5 heterocycles. The summed E-state index contributed by atoms with van der Waals surface area (Å²) in [4.78, 5) is 21.5. The Hall–Kier alpha value is -3.10. The van der Waals surface area contributed by atoms with Crippen LogP contribution in [0.2, 0.25) is 0 Å². The molecule has 0 amide bonds. The number of nitrogens with two attached hydrogens (primary N) is 1. The van der Waals surface area contributed by atoms with Gasteiger partial charge in [0.05, 0.1) is 23.4 Å². The Labute approximate surface area is 165 Å². The highest BCUT2D eigenvalue weighted by atomic mass is 32.1. The Morgan fingerprint density at radius 3 is 2.68 bits per heavy atom. The van der Waals surface area contributed by atoms with Gasteiger partial charge in [-0.1, -0.05) is 6.07 Å². The van der Waals surface area contributed by atoms with Crippen LogP contribution in [0.25, 0.3) is 32.0 Å². The largest absolute Gasteiger partial charge is 0.384 e. The van der Waals surface area contributed by atoms with Crippen molar-refractivity contribution in [2.75, 3.05) is 36.9 Å². The number of fused-ring (bicyclic) bond motifs is 1. The molecule has 4 aromatic heterocycles. The number of pyridine rings is 2. The van der Waals surface area contributed by atoms with Gasteiger partial charge >= 0.3 is 0 Å². The highest BCUT2D eigenvalue weighted by Crippen LogP contribution is 2.38. The first-order valence-corrected chi connectivity index (χ1v) is 9.86. The lowest BCUT2D eigenvalue weighted by Crippen LogP contribution is -2.36. The monoisotopic (exact) mass is 390 g/mol. The highest BCUT2D eigenvalue weighted by Gasteiger charge is 2.20. The van der Waals surface area contributed by atoms with Gasteiger partial charge in [0.15, 0.2) is 11.6 Å². The second kappa shape index (κ2) is 7.14. The van der Waals surface area contributed by atoms with Crippen LogP contribution in [0.1, 0.15) is 0 Å². The molecule has 28 heavy (non-hydrogen) atoms. The first-order valence-electron chi connectivity index (χ1n) is 9.04. The molecule has 2 N–H and O–H groups in total. The smallest absolute Gasteiger partial charge is 0.163 e. The van der Waals surface area contributed by atoms with Gasteiger partial charge in [0.1, 0.15) is 5.82 Å². The third-order valence-electron chi connectivity index (χ3n) is 4.65. The minimum Gasteiger partial charge on any atom is -0.384 e. The lowest BCUT2D eigenvalue weighted by molar-refractivity contribution is 0.122. The average molecular weight is 390 g/mol. The number of rotatable bonds is 3. The van der Waals surface area contributed by atoms with Crippen molar-refractivity contribution in [3.63, 3.8) is 0 Å². The molecule has 0 spiro atoms. The van der Waals surface area contributed by atoms with Crippen LogP contribution >= 0.6 is 11.3 Å². The van der Waals surface area contributed by atoms with Crippen LogP contribution in [0, 0.1) is 0 Å². The molecular weight excluding hydrogens is 372 g/mol. The van der Waals surface area contributed by atoms with E-state index in [9.17, 15) is 0 Å². The quantitative estimate of drug-likeness (QED) is 0.574. The Kier molecular flexibility index (Phi) is 4.34. The fourth-order valence-corrected chi connectivity index (χ4v) is 4.33. The van der Waals surface area contributed by atoms with Crippen molar-refractivity contribution < 1.29 is 4.74 Å². The Morgan fingerprint density at radius 2 is 1.93 bits per heavy atom. The lowest BCUT2D eigenvalue weighted by Gasteiger charge is -2.28. The molecule has 0 saturated carbocycles. The van der Waals surface area contributed by atoms with Crippen molar-refractivity contribution in [2.24, 2.45) is 0 Å². The number of hydrogen-bond acceptors (Lipinski definition) is 8. The van der Waals surface area contributed by atoms with Crippen LogP contribution < -0.4 is 10.6 Å². The molecule has 8 heteroatoms. The topological polar surface area (TPSA) is 90.0 Å². The second-order valence-corrected chi connectivity index (χ2v) is 7.56. The van der Waals surface area contributed by atoms with Crippen molar-refractivity contribution in [3.05, 3.63) is 48.9 Å². The fraction of sp³-hybridized carbons (Fsp3) is 0.200. The number of nitrogen functional groups attached to an aromatic ring is 1. The molecule has 5 rings (SSSR count). The van der Waals surface area contributed by atoms with E-state index in [1.54, 1.807) is 29.8 Å². The third kappa shape index (κ3) is 3.17. The Balaban J connectivity index is 1.68. The van der Waals surface area contributed by atoms with Crippen molar-refractivity contribution in [1.82, 2.24) is 19.9 Å². The van der Waals surface area contributed by atoms with Gasteiger partial charge in [0, 0.05) is 47.7 Å². The van der Waals surface area contributed by atoms with Gasteiger partial charge in [0.2, 0.25) is 0 Å². The molecule has 1 fully saturated rings.